The monoisotopic (exact) mass is 253 g/mol. The second-order valence-corrected chi connectivity index (χ2v) is 5.50. The molecule has 1 aliphatic carbocycles. The first-order valence-electron chi connectivity index (χ1n) is 6.39. The summed E-state index contributed by atoms with van der Waals surface area (Å²) in [4.78, 5) is 11.2. The molecule has 94 valence electrons. The van der Waals surface area contributed by atoms with Crippen LogP contribution in [0.2, 0.25) is 5.15 Å². The van der Waals surface area contributed by atoms with Crippen molar-refractivity contribution in [1.29, 1.82) is 0 Å². The Balaban J connectivity index is 2.22. The largest absolute Gasteiger partial charge is 0.356 e. The van der Waals surface area contributed by atoms with Crippen LogP contribution in [0.4, 0.5) is 5.82 Å². The SMILES string of the molecule is CCN(CC(C)C)c1cc(Cl)nc(C2CC2)n1. The highest BCUT2D eigenvalue weighted by atomic mass is 35.5. The zero-order valence-electron chi connectivity index (χ0n) is 10.8. The fraction of sp³-hybridized carbons (Fsp3) is 0.692. The van der Waals surface area contributed by atoms with Gasteiger partial charge in [0.2, 0.25) is 0 Å². The fourth-order valence-electron chi connectivity index (χ4n) is 1.93. The summed E-state index contributed by atoms with van der Waals surface area (Å²) in [7, 11) is 0. The number of rotatable bonds is 5. The van der Waals surface area contributed by atoms with Crippen molar-refractivity contribution in [2.45, 2.75) is 39.5 Å². The van der Waals surface area contributed by atoms with E-state index in [2.05, 4.69) is 35.6 Å². The number of halogens is 1. The minimum Gasteiger partial charge on any atom is -0.356 e. The predicted octanol–water partition coefficient (Wildman–Crippen LogP) is 3.49. The van der Waals surface area contributed by atoms with Gasteiger partial charge in [-0.2, -0.15) is 0 Å². The van der Waals surface area contributed by atoms with Crippen molar-refractivity contribution >= 4 is 17.4 Å². The number of hydrogen-bond acceptors (Lipinski definition) is 3. The molecule has 0 bridgehead atoms. The normalized spacial score (nSPS) is 15.4. The van der Waals surface area contributed by atoms with Gasteiger partial charge in [-0.1, -0.05) is 25.4 Å². The van der Waals surface area contributed by atoms with Gasteiger partial charge in [0.15, 0.2) is 0 Å². The van der Waals surface area contributed by atoms with Gasteiger partial charge in [0.05, 0.1) is 0 Å². The Morgan fingerprint density at radius 3 is 2.65 bits per heavy atom. The highest BCUT2D eigenvalue weighted by molar-refractivity contribution is 6.29. The van der Waals surface area contributed by atoms with Crippen LogP contribution in [0.5, 0.6) is 0 Å². The van der Waals surface area contributed by atoms with Gasteiger partial charge in [0, 0.05) is 25.1 Å². The molecule has 0 radical (unpaired) electrons. The van der Waals surface area contributed by atoms with Gasteiger partial charge in [0.25, 0.3) is 0 Å². The van der Waals surface area contributed by atoms with Crippen LogP contribution < -0.4 is 4.90 Å². The quantitative estimate of drug-likeness (QED) is 0.753. The first-order chi connectivity index (χ1) is 8.10. The Morgan fingerprint density at radius 1 is 1.41 bits per heavy atom. The van der Waals surface area contributed by atoms with Gasteiger partial charge in [-0.25, -0.2) is 9.97 Å². The molecule has 1 aliphatic rings. The molecular formula is C13H20ClN3. The van der Waals surface area contributed by atoms with Crippen LogP contribution in [0, 0.1) is 5.92 Å². The predicted molar refractivity (Wildman–Crippen MR) is 71.7 cm³/mol. The summed E-state index contributed by atoms with van der Waals surface area (Å²) < 4.78 is 0. The van der Waals surface area contributed by atoms with Crippen LogP contribution in [-0.2, 0) is 0 Å². The maximum atomic E-state index is 6.08. The smallest absolute Gasteiger partial charge is 0.135 e. The maximum absolute atomic E-state index is 6.08. The molecule has 1 aromatic rings. The third kappa shape index (κ3) is 3.32. The van der Waals surface area contributed by atoms with Crippen LogP contribution in [-0.4, -0.2) is 23.1 Å². The van der Waals surface area contributed by atoms with Gasteiger partial charge in [0.1, 0.15) is 16.8 Å². The Morgan fingerprint density at radius 2 is 2.12 bits per heavy atom. The van der Waals surface area contributed by atoms with Crippen LogP contribution >= 0.6 is 11.6 Å². The van der Waals surface area contributed by atoms with E-state index in [1.165, 1.54) is 12.8 Å². The highest BCUT2D eigenvalue weighted by Gasteiger charge is 2.27. The van der Waals surface area contributed by atoms with Crippen molar-refractivity contribution < 1.29 is 0 Å². The van der Waals surface area contributed by atoms with Gasteiger partial charge >= 0.3 is 0 Å². The van der Waals surface area contributed by atoms with E-state index in [-0.39, 0.29) is 0 Å². The molecule has 0 spiro atoms. The molecule has 1 heterocycles. The van der Waals surface area contributed by atoms with Crippen molar-refractivity contribution in [3.63, 3.8) is 0 Å². The fourth-order valence-corrected chi connectivity index (χ4v) is 2.12. The minimum atomic E-state index is 0.546. The van der Waals surface area contributed by atoms with Crippen molar-refractivity contribution in [2.75, 3.05) is 18.0 Å². The average molecular weight is 254 g/mol. The molecule has 0 saturated heterocycles. The van der Waals surface area contributed by atoms with Crippen LogP contribution in [0.15, 0.2) is 6.07 Å². The van der Waals surface area contributed by atoms with E-state index in [4.69, 9.17) is 11.6 Å². The lowest BCUT2D eigenvalue weighted by molar-refractivity contribution is 0.612. The van der Waals surface area contributed by atoms with Crippen molar-refractivity contribution in [1.82, 2.24) is 9.97 Å². The van der Waals surface area contributed by atoms with Gasteiger partial charge < -0.3 is 4.90 Å². The lowest BCUT2D eigenvalue weighted by atomic mass is 10.2. The minimum absolute atomic E-state index is 0.546. The van der Waals surface area contributed by atoms with Gasteiger partial charge in [-0.15, -0.1) is 0 Å². The second kappa shape index (κ2) is 5.21. The lowest BCUT2D eigenvalue weighted by Crippen LogP contribution is -2.28. The van der Waals surface area contributed by atoms with Gasteiger partial charge in [-0.05, 0) is 25.7 Å². The molecule has 1 saturated carbocycles. The van der Waals surface area contributed by atoms with E-state index in [1.54, 1.807) is 0 Å². The summed E-state index contributed by atoms with van der Waals surface area (Å²) in [5, 5.41) is 0.569. The van der Waals surface area contributed by atoms with Crippen molar-refractivity contribution in [3.8, 4) is 0 Å². The molecule has 1 fully saturated rings. The first kappa shape index (κ1) is 12.6. The average Bonchev–Trinajstić information content (AvgIpc) is 3.08. The van der Waals surface area contributed by atoms with Crippen LogP contribution in [0.25, 0.3) is 0 Å². The summed E-state index contributed by atoms with van der Waals surface area (Å²) in [5.41, 5.74) is 0. The van der Waals surface area contributed by atoms with E-state index < -0.39 is 0 Å². The Kier molecular flexibility index (Phi) is 3.87. The molecule has 3 nitrogen and oxygen atoms in total. The Labute approximate surface area is 108 Å². The molecule has 0 amide bonds. The number of hydrogen-bond donors (Lipinski definition) is 0. The third-order valence-electron chi connectivity index (χ3n) is 2.93. The summed E-state index contributed by atoms with van der Waals surface area (Å²) in [6.07, 6.45) is 2.41. The number of aromatic nitrogens is 2. The molecule has 1 aromatic heterocycles. The molecule has 0 N–H and O–H groups in total. The lowest BCUT2D eigenvalue weighted by Gasteiger charge is -2.24. The van der Waals surface area contributed by atoms with Crippen molar-refractivity contribution in [3.05, 3.63) is 17.0 Å². The van der Waals surface area contributed by atoms with Crippen molar-refractivity contribution in [2.24, 2.45) is 5.92 Å². The number of nitrogens with zero attached hydrogens (tertiary/aromatic N) is 3. The topological polar surface area (TPSA) is 29.0 Å². The molecule has 0 atom stereocenters. The summed E-state index contributed by atoms with van der Waals surface area (Å²) >= 11 is 6.08. The number of anilines is 1. The maximum Gasteiger partial charge on any atom is 0.135 e. The zero-order chi connectivity index (χ0) is 12.4. The van der Waals surface area contributed by atoms with Crippen LogP contribution in [0.3, 0.4) is 0 Å². The molecule has 2 rings (SSSR count). The summed E-state index contributed by atoms with van der Waals surface area (Å²) in [6, 6.07) is 1.87. The van der Waals surface area contributed by atoms with E-state index in [0.717, 1.165) is 24.7 Å². The van der Waals surface area contributed by atoms with E-state index >= 15 is 0 Å². The molecule has 0 unspecified atom stereocenters. The van der Waals surface area contributed by atoms with Crippen LogP contribution in [0.1, 0.15) is 45.4 Å². The molecule has 17 heavy (non-hydrogen) atoms. The molecule has 0 aliphatic heterocycles. The highest BCUT2D eigenvalue weighted by Crippen LogP contribution is 2.39. The standard InChI is InChI=1S/C13H20ClN3/c1-4-17(8-9(2)3)12-7-11(14)15-13(16-12)10-5-6-10/h7,9-10H,4-6,8H2,1-3H3. The molecule has 0 aromatic carbocycles. The van der Waals surface area contributed by atoms with Gasteiger partial charge in [-0.3, -0.25) is 0 Å². The van der Waals surface area contributed by atoms with E-state index in [9.17, 15) is 0 Å². The van der Waals surface area contributed by atoms with E-state index in [0.29, 0.717) is 17.0 Å². The molecule has 4 heteroatoms. The second-order valence-electron chi connectivity index (χ2n) is 5.11. The molecular weight excluding hydrogens is 234 g/mol. The summed E-state index contributed by atoms with van der Waals surface area (Å²) in [6.45, 7) is 8.54. The third-order valence-corrected chi connectivity index (χ3v) is 3.13. The Hall–Kier alpha value is -0.830. The summed E-state index contributed by atoms with van der Waals surface area (Å²) in [5.74, 6) is 3.07. The zero-order valence-corrected chi connectivity index (χ0v) is 11.5. The first-order valence-corrected chi connectivity index (χ1v) is 6.77. The Bertz CT molecular complexity index is 388. The van der Waals surface area contributed by atoms with E-state index in [1.807, 2.05) is 6.07 Å².